The largest absolute Gasteiger partial charge is 0.493 e. The molecule has 7 heteroatoms. The number of thiophene rings is 1. The van der Waals surface area contributed by atoms with Gasteiger partial charge in [0.25, 0.3) is 11.8 Å². The number of fused-ring (bicyclic) bond motifs is 3. The molecule has 0 atom stereocenters. The van der Waals surface area contributed by atoms with Gasteiger partial charge in [0, 0.05) is 43.6 Å². The van der Waals surface area contributed by atoms with Crippen molar-refractivity contribution in [2.75, 3.05) is 32.6 Å². The molecule has 2 heterocycles. The Hall–Kier alpha value is -2.83. The molecule has 0 saturated heterocycles. The van der Waals surface area contributed by atoms with Gasteiger partial charge in [-0.25, -0.2) is 0 Å². The predicted octanol–water partition coefficient (Wildman–Crippen LogP) is 4.98. The molecule has 0 radical (unpaired) electrons. The highest BCUT2D eigenvalue weighted by atomic mass is 35.5. The van der Waals surface area contributed by atoms with E-state index >= 15 is 0 Å². The van der Waals surface area contributed by atoms with Crippen LogP contribution in [-0.4, -0.2) is 44.5 Å². The Labute approximate surface area is 184 Å². The van der Waals surface area contributed by atoms with E-state index < -0.39 is 0 Å². The molecule has 1 aliphatic heterocycles. The zero-order chi connectivity index (χ0) is 21.4. The van der Waals surface area contributed by atoms with Gasteiger partial charge in [-0.3, -0.25) is 9.59 Å². The Morgan fingerprint density at radius 1 is 1.03 bits per heavy atom. The lowest BCUT2D eigenvalue weighted by molar-refractivity contribution is 0.0827. The lowest BCUT2D eigenvalue weighted by atomic mass is 10.0. The molecule has 0 bridgehead atoms. The first-order valence-electron chi connectivity index (χ1n) is 9.51. The molecule has 154 valence electrons. The van der Waals surface area contributed by atoms with Crippen molar-refractivity contribution in [3.63, 3.8) is 0 Å². The number of para-hydroxylation sites is 1. The molecular weight excluding hydrogens is 420 g/mol. The van der Waals surface area contributed by atoms with Crippen LogP contribution in [0.1, 0.15) is 25.6 Å². The minimum Gasteiger partial charge on any atom is -0.493 e. The third-order valence-electron chi connectivity index (χ3n) is 5.05. The van der Waals surface area contributed by atoms with Gasteiger partial charge in [0.05, 0.1) is 22.2 Å². The molecule has 4 rings (SSSR count). The second-order valence-electron chi connectivity index (χ2n) is 7.29. The third-order valence-corrected chi connectivity index (χ3v) is 6.56. The van der Waals surface area contributed by atoms with E-state index in [1.807, 2.05) is 30.3 Å². The topological polar surface area (TPSA) is 49.9 Å². The van der Waals surface area contributed by atoms with Crippen molar-refractivity contribution in [3.05, 3.63) is 69.6 Å². The quantitative estimate of drug-likeness (QED) is 0.577. The van der Waals surface area contributed by atoms with Crippen LogP contribution in [0.3, 0.4) is 0 Å². The molecule has 2 amide bonds. The summed E-state index contributed by atoms with van der Waals surface area (Å²) in [6, 6.07) is 14.7. The molecule has 0 aliphatic carbocycles. The number of rotatable bonds is 3. The van der Waals surface area contributed by atoms with Crippen LogP contribution in [0, 0.1) is 0 Å². The second kappa shape index (κ2) is 8.13. The number of amides is 2. The van der Waals surface area contributed by atoms with Crippen LogP contribution < -0.4 is 9.64 Å². The number of halogens is 1. The van der Waals surface area contributed by atoms with Crippen LogP contribution in [-0.2, 0) is 6.42 Å². The zero-order valence-corrected chi connectivity index (χ0v) is 18.5. The fourth-order valence-electron chi connectivity index (χ4n) is 3.44. The first-order chi connectivity index (χ1) is 14.4. The van der Waals surface area contributed by atoms with E-state index in [2.05, 4.69) is 0 Å². The van der Waals surface area contributed by atoms with E-state index in [1.165, 1.54) is 16.2 Å². The minimum absolute atomic E-state index is 0.0747. The van der Waals surface area contributed by atoms with E-state index in [1.54, 1.807) is 44.2 Å². The summed E-state index contributed by atoms with van der Waals surface area (Å²) in [5.74, 6) is 0.485. The molecule has 0 N–H and O–H groups in total. The van der Waals surface area contributed by atoms with Crippen molar-refractivity contribution in [1.82, 2.24) is 4.90 Å². The summed E-state index contributed by atoms with van der Waals surface area (Å²) >= 11 is 7.70. The Kier molecular flexibility index (Phi) is 5.54. The van der Waals surface area contributed by atoms with Crippen LogP contribution in [0.5, 0.6) is 5.75 Å². The summed E-state index contributed by atoms with van der Waals surface area (Å²) in [6.07, 6.45) is 0.695. The van der Waals surface area contributed by atoms with Gasteiger partial charge in [0.15, 0.2) is 0 Å². The zero-order valence-electron chi connectivity index (χ0n) is 16.9. The fraction of sp³-hybridized carbons (Fsp3) is 0.217. The number of carbonyl (C=O) groups is 2. The molecule has 5 nitrogen and oxygen atoms in total. The van der Waals surface area contributed by atoms with Crippen LogP contribution in [0.25, 0.3) is 10.4 Å². The predicted molar refractivity (Wildman–Crippen MR) is 121 cm³/mol. The highest BCUT2D eigenvalue weighted by molar-refractivity contribution is 7.17. The number of benzene rings is 2. The summed E-state index contributed by atoms with van der Waals surface area (Å²) in [4.78, 5) is 30.2. The number of carbonyl (C=O) groups excluding carboxylic acids is 2. The maximum Gasteiger partial charge on any atom is 0.268 e. The van der Waals surface area contributed by atoms with Gasteiger partial charge in [-0.05, 0) is 42.0 Å². The molecule has 0 fully saturated rings. The van der Waals surface area contributed by atoms with Gasteiger partial charge in [-0.15, -0.1) is 11.3 Å². The van der Waals surface area contributed by atoms with Crippen molar-refractivity contribution >= 4 is 40.4 Å². The Morgan fingerprint density at radius 2 is 1.80 bits per heavy atom. The first kappa shape index (κ1) is 20.4. The van der Waals surface area contributed by atoms with E-state index in [9.17, 15) is 9.59 Å². The summed E-state index contributed by atoms with van der Waals surface area (Å²) in [5, 5.41) is 0.531. The standard InChI is InChI=1S/C23H21ClN2O3S/c1-25(2)22(27)15-8-9-16-19(12-15)29-11-10-14-13-20(30-21(14)16)23(28)26(3)18-7-5-4-6-17(18)24/h4-9,12-13H,10-11H2,1-3H3. The van der Waals surface area contributed by atoms with Crippen LogP contribution >= 0.6 is 22.9 Å². The van der Waals surface area contributed by atoms with Crippen molar-refractivity contribution in [3.8, 4) is 16.2 Å². The second-order valence-corrected chi connectivity index (χ2v) is 8.75. The number of hydrogen-bond acceptors (Lipinski definition) is 4. The molecule has 0 saturated carbocycles. The maximum absolute atomic E-state index is 13.1. The average molecular weight is 441 g/mol. The Balaban J connectivity index is 1.70. The lowest BCUT2D eigenvalue weighted by Crippen LogP contribution is -2.25. The van der Waals surface area contributed by atoms with Gasteiger partial charge in [0.1, 0.15) is 5.75 Å². The van der Waals surface area contributed by atoms with Crippen molar-refractivity contribution in [2.24, 2.45) is 0 Å². The molecule has 0 spiro atoms. The molecule has 0 unspecified atom stereocenters. The number of anilines is 1. The molecule has 3 aromatic rings. The van der Waals surface area contributed by atoms with Crippen LogP contribution in [0.15, 0.2) is 48.5 Å². The third kappa shape index (κ3) is 3.68. The van der Waals surface area contributed by atoms with E-state index in [4.69, 9.17) is 16.3 Å². The minimum atomic E-state index is -0.108. The summed E-state index contributed by atoms with van der Waals surface area (Å²) in [6.45, 7) is 0.490. The molecular formula is C23H21ClN2O3S. The SMILES string of the molecule is CN(C)C(=O)c1ccc2c(c1)OCCc1cc(C(=O)N(C)c3ccccc3Cl)sc1-2. The van der Waals surface area contributed by atoms with E-state index in [0.717, 1.165) is 16.0 Å². The van der Waals surface area contributed by atoms with E-state index in [0.29, 0.717) is 39.9 Å². The van der Waals surface area contributed by atoms with E-state index in [-0.39, 0.29) is 11.8 Å². The molecule has 30 heavy (non-hydrogen) atoms. The number of ether oxygens (including phenoxy) is 1. The molecule has 1 aromatic heterocycles. The van der Waals surface area contributed by atoms with Gasteiger partial charge >= 0.3 is 0 Å². The average Bonchev–Trinajstić information content (AvgIpc) is 3.08. The van der Waals surface area contributed by atoms with Gasteiger partial charge in [-0.1, -0.05) is 23.7 Å². The summed E-state index contributed by atoms with van der Waals surface area (Å²) in [7, 11) is 5.17. The first-order valence-corrected chi connectivity index (χ1v) is 10.7. The van der Waals surface area contributed by atoms with Crippen molar-refractivity contribution in [1.29, 1.82) is 0 Å². The van der Waals surface area contributed by atoms with Crippen LogP contribution in [0.2, 0.25) is 5.02 Å². The smallest absolute Gasteiger partial charge is 0.268 e. The van der Waals surface area contributed by atoms with Crippen molar-refractivity contribution in [2.45, 2.75) is 6.42 Å². The normalized spacial score (nSPS) is 12.3. The lowest BCUT2D eigenvalue weighted by Gasteiger charge is -2.17. The number of nitrogens with zero attached hydrogens (tertiary/aromatic N) is 2. The van der Waals surface area contributed by atoms with Crippen LogP contribution in [0.4, 0.5) is 5.69 Å². The maximum atomic E-state index is 13.1. The van der Waals surface area contributed by atoms with Gasteiger partial charge in [0.2, 0.25) is 0 Å². The summed E-state index contributed by atoms with van der Waals surface area (Å²) in [5.41, 5.74) is 3.22. The highest BCUT2D eigenvalue weighted by Crippen LogP contribution is 2.42. The van der Waals surface area contributed by atoms with Gasteiger partial charge in [-0.2, -0.15) is 0 Å². The number of hydrogen-bond donors (Lipinski definition) is 0. The molecule has 1 aliphatic rings. The monoisotopic (exact) mass is 440 g/mol. The molecule has 2 aromatic carbocycles. The Morgan fingerprint density at radius 3 is 2.53 bits per heavy atom. The summed E-state index contributed by atoms with van der Waals surface area (Å²) < 4.78 is 5.92. The highest BCUT2D eigenvalue weighted by Gasteiger charge is 2.24. The fourth-order valence-corrected chi connectivity index (χ4v) is 4.92. The van der Waals surface area contributed by atoms with Gasteiger partial charge < -0.3 is 14.5 Å². The Bertz CT molecular complexity index is 1140. The van der Waals surface area contributed by atoms with Crippen molar-refractivity contribution < 1.29 is 14.3 Å².